The number of carbonyl (C=O) groups is 1. The number of anilines is 1. The van der Waals surface area contributed by atoms with Crippen LogP contribution in [0.25, 0.3) is 0 Å². The molecule has 1 saturated heterocycles. The number of fused-ring (bicyclic) bond motifs is 1. The van der Waals surface area contributed by atoms with Gasteiger partial charge in [0.15, 0.2) is 0 Å². The van der Waals surface area contributed by atoms with Crippen LogP contribution < -0.4 is 10.6 Å². The molecule has 2 atom stereocenters. The number of hydrogen-bond acceptors (Lipinski definition) is 5. The zero-order valence-electron chi connectivity index (χ0n) is 16.6. The van der Waals surface area contributed by atoms with Crippen LogP contribution in [0.4, 0.5) is 5.69 Å². The molecule has 0 aromatic heterocycles. The minimum atomic E-state index is -0.596. The summed E-state index contributed by atoms with van der Waals surface area (Å²) in [6, 6.07) is 16.2. The third-order valence-electron chi connectivity index (χ3n) is 5.60. The number of aliphatic hydroxyl groups excluding tert-OH is 1. The van der Waals surface area contributed by atoms with Gasteiger partial charge in [-0.3, -0.25) is 9.69 Å². The fraction of sp³-hybridized carbons (Fsp3) is 0.435. The van der Waals surface area contributed by atoms with Crippen molar-refractivity contribution >= 4 is 11.6 Å². The molecule has 0 radical (unpaired) electrons. The van der Waals surface area contributed by atoms with Gasteiger partial charge in [-0.1, -0.05) is 30.3 Å². The highest BCUT2D eigenvalue weighted by molar-refractivity contribution is 5.95. The molecule has 1 amide bonds. The van der Waals surface area contributed by atoms with Gasteiger partial charge in [0, 0.05) is 44.0 Å². The highest BCUT2D eigenvalue weighted by Crippen LogP contribution is 2.18. The normalized spacial score (nSPS) is 20.1. The fourth-order valence-corrected chi connectivity index (χ4v) is 4.02. The number of amides is 1. The van der Waals surface area contributed by atoms with Gasteiger partial charge in [0.1, 0.15) is 0 Å². The number of ether oxygens (including phenoxy) is 1. The summed E-state index contributed by atoms with van der Waals surface area (Å²) < 4.78 is 5.38. The number of carbonyl (C=O) groups excluding carboxylic acids is 1. The van der Waals surface area contributed by atoms with Gasteiger partial charge < -0.3 is 20.5 Å². The number of nitrogens with zero attached hydrogens (tertiary/aromatic N) is 1. The first-order valence-corrected chi connectivity index (χ1v) is 10.4. The minimum absolute atomic E-state index is 0.167. The van der Waals surface area contributed by atoms with E-state index in [9.17, 15) is 9.90 Å². The van der Waals surface area contributed by atoms with Gasteiger partial charge in [0.05, 0.1) is 18.8 Å². The first-order chi connectivity index (χ1) is 14.2. The van der Waals surface area contributed by atoms with Crippen molar-refractivity contribution in [2.75, 3.05) is 38.2 Å². The van der Waals surface area contributed by atoms with Crippen molar-refractivity contribution in [2.24, 2.45) is 0 Å². The van der Waals surface area contributed by atoms with Crippen LogP contribution in [0.2, 0.25) is 0 Å². The van der Waals surface area contributed by atoms with Crippen LogP contribution in [0, 0.1) is 0 Å². The lowest BCUT2D eigenvalue weighted by Crippen LogP contribution is -2.42. The summed E-state index contributed by atoms with van der Waals surface area (Å²) in [5, 5.41) is 16.7. The molecule has 0 spiro atoms. The quantitative estimate of drug-likeness (QED) is 0.669. The van der Waals surface area contributed by atoms with E-state index in [-0.39, 0.29) is 12.5 Å². The van der Waals surface area contributed by atoms with E-state index in [2.05, 4.69) is 39.8 Å². The van der Waals surface area contributed by atoms with Crippen LogP contribution in [-0.4, -0.2) is 60.9 Å². The molecule has 6 heteroatoms. The molecule has 2 aromatic rings. The monoisotopic (exact) mass is 395 g/mol. The molecule has 0 saturated carbocycles. The molecule has 4 rings (SSSR count). The Hall–Kier alpha value is -2.41. The second-order valence-electron chi connectivity index (χ2n) is 7.90. The third kappa shape index (κ3) is 5.35. The van der Waals surface area contributed by atoms with Crippen molar-refractivity contribution in [3.05, 3.63) is 65.2 Å². The van der Waals surface area contributed by atoms with Gasteiger partial charge in [-0.15, -0.1) is 0 Å². The molecule has 6 nitrogen and oxygen atoms in total. The smallest absolute Gasteiger partial charge is 0.251 e. The molecule has 1 fully saturated rings. The van der Waals surface area contributed by atoms with Crippen molar-refractivity contribution in [1.29, 1.82) is 0 Å². The lowest BCUT2D eigenvalue weighted by Gasteiger charge is -2.30. The lowest BCUT2D eigenvalue weighted by atomic mass is 10.00. The molecule has 2 heterocycles. The number of β-amino-alcohol motifs (C(OH)–C–C–N with tert-alkyl or cyclic N) is 1. The van der Waals surface area contributed by atoms with Gasteiger partial charge in [-0.2, -0.15) is 0 Å². The summed E-state index contributed by atoms with van der Waals surface area (Å²) in [6.45, 7) is 4.05. The zero-order valence-corrected chi connectivity index (χ0v) is 16.6. The SMILES string of the molecule is O=C(NCC(O)CN1CCc2ccccc2C1)c1cccc(NC2CCOC2)c1. The molecular formula is C23H29N3O3. The van der Waals surface area contributed by atoms with Gasteiger partial charge in [-0.05, 0) is 42.2 Å². The van der Waals surface area contributed by atoms with Gasteiger partial charge in [0.2, 0.25) is 0 Å². The first kappa shape index (κ1) is 19.9. The van der Waals surface area contributed by atoms with Crippen LogP contribution in [0.1, 0.15) is 27.9 Å². The predicted octanol–water partition coefficient (Wildman–Crippen LogP) is 2.04. The van der Waals surface area contributed by atoms with Crippen molar-refractivity contribution in [1.82, 2.24) is 10.2 Å². The van der Waals surface area contributed by atoms with E-state index in [0.717, 1.165) is 38.2 Å². The van der Waals surface area contributed by atoms with Crippen molar-refractivity contribution in [3.63, 3.8) is 0 Å². The topological polar surface area (TPSA) is 73.8 Å². The summed E-state index contributed by atoms with van der Waals surface area (Å²) in [6.07, 6.45) is 1.38. The molecular weight excluding hydrogens is 366 g/mol. The van der Waals surface area contributed by atoms with E-state index in [1.54, 1.807) is 6.07 Å². The molecule has 154 valence electrons. The van der Waals surface area contributed by atoms with E-state index in [4.69, 9.17) is 4.74 Å². The first-order valence-electron chi connectivity index (χ1n) is 10.4. The van der Waals surface area contributed by atoms with E-state index < -0.39 is 6.10 Å². The van der Waals surface area contributed by atoms with Gasteiger partial charge in [-0.25, -0.2) is 0 Å². The number of hydrogen-bond donors (Lipinski definition) is 3. The van der Waals surface area contributed by atoms with Crippen LogP contribution in [-0.2, 0) is 17.7 Å². The minimum Gasteiger partial charge on any atom is -0.390 e. The van der Waals surface area contributed by atoms with E-state index >= 15 is 0 Å². The largest absolute Gasteiger partial charge is 0.390 e. The van der Waals surface area contributed by atoms with Crippen molar-refractivity contribution < 1.29 is 14.6 Å². The van der Waals surface area contributed by atoms with E-state index in [1.165, 1.54) is 11.1 Å². The highest BCUT2D eigenvalue weighted by Gasteiger charge is 2.19. The summed E-state index contributed by atoms with van der Waals surface area (Å²) in [7, 11) is 0. The summed E-state index contributed by atoms with van der Waals surface area (Å²) in [5.41, 5.74) is 4.23. The predicted molar refractivity (Wildman–Crippen MR) is 113 cm³/mol. The number of benzene rings is 2. The van der Waals surface area contributed by atoms with Crippen LogP contribution in [0.3, 0.4) is 0 Å². The molecule has 29 heavy (non-hydrogen) atoms. The van der Waals surface area contributed by atoms with Crippen LogP contribution >= 0.6 is 0 Å². The molecule has 0 aliphatic carbocycles. The fourth-order valence-electron chi connectivity index (χ4n) is 4.02. The number of rotatable bonds is 7. The Labute approximate surface area is 171 Å². The highest BCUT2D eigenvalue weighted by atomic mass is 16.5. The van der Waals surface area contributed by atoms with Crippen LogP contribution in [0.15, 0.2) is 48.5 Å². The Bertz CT molecular complexity index is 836. The summed E-state index contributed by atoms with van der Waals surface area (Å²) in [4.78, 5) is 14.7. The van der Waals surface area contributed by atoms with Gasteiger partial charge >= 0.3 is 0 Å². The van der Waals surface area contributed by atoms with Crippen LogP contribution in [0.5, 0.6) is 0 Å². The molecule has 3 N–H and O–H groups in total. The van der Waals surface area contributed by atoms with Crippen molar-refractivity contribution in [2.45, 2.75) is 31.5 Å². The van der Waals surface area contributed by atoms with E-state index in [1.807, 2.05) is 18.2 Å². The number of nitrogens with one attached hydrogen (secondary N) is 2. The Balaban J connectivity index is 1.25. The number of aliphatic hydroxyl groups is 1. The Morgan fingerprint density at radius 3 is 2.90 bits per heavy atom. The second kappa shape index (κ2) is 9.39. The zero-order chi connectivity index (χ0) is 20.1. The molecule has 2 unspecified atom stereocenters. The third-order valence-corrected chi connectivity index (χ3v) is 5.60. The average molecular weight is 396 g/mol. The maximum Gasteiger partial charge on any atom is 0.251 e. The van der Waals surface area contributed by atoms with Gasteiger partial charge in [0.25, 0.3) is 5.91 Å². The molecule has 0 bridgehead atoms. The lowest BCUT2D eigenvalue weighted by molar-refractivity contribution is 0.0842. The molecule has 2 aliphatic heterocycles. The van der Waals surface area contributed by atoms with Crippen molar-refractivity contribution in [3.8, 4) is 0 Å². The standard InChI is InChI=1S/C23H29N3O3/c27-22(15-26-10-8-17-4-1-2-5-19(17)14-26)13-24-23(28)18-6-3-7-20(12-18)25-21-9-11-29-16-21/h1-7,12,21-22,25,27H,8-11,13-16H2,(H,24,28). The second-order valence-corrected chi connectivity index (χ2v) is 7.90. The Kier molecular flexibility index (Phi) is 6.44. The maximum absolute atomic E-state index is 12.5. The Morgan fingerprint density at radius 2 is 2.07 bits per heavy atom. The molecule has 2 aromatic carbocycles. The Morgan fingerprint density at radius 1 is 1.21 bits per heavy atom. The average Bonchev–Trinajstić information content (AvgIpc) is 3.25. The van der Waals surface area contributed by atoms with E-state index in [0.29, 0.717) is 24.8 Å². The summed E-state index contributed by atoms with van der Waals surface area (Å²) in [5.74, 6) is -0.167. The summed E-state index contributed by atoms with van der Waals surface area (Å²) >= 11 is 0. The molecule has 2 aliphatic rings. The maximum atomic E-state index is 12.5.